The molecule has 8 heteroatoms. The summed E-state index contributed by atoms with van der Waals surface area (Å²) in [7, 11) is 0. The van der Waals surface area contributed by atoms with Gasteiger partial charge in [0.2, 0.25) is 0 Å². The molecule has 3 aromatic rings. The predicted octanol–water partition coefficient (Wildman–Crippen LogP) is 4.84. The van der Waals surface area contributed by atoms with Gasteiger partial charge in [-0.25, -0.2) is 9.59 Å². The number of hydroxylamine groups is 2. The lowest BCUT2D eigenvalue weighted by atomic mass is 9.98. The van der Waals surface area contributed by atoms with E-state index in [1.54, 1.807) is 12.1 Å². The molecule has 188 valence electrons. The van der Waals surface area contributed by atoms with Gasteiger partial charge < -0.3 is 14.9 Å². The van der Waals surface area contributed by atoms with Crippen molar-refractivity contribution in [3.63, 3.8) is 0 Å². The number of unbranched alkanes of at least 4 members (excludes halogenated alkanes) is 1. The van der Waals surface area contributed by atoms with Crippen LogP contribution in [0.3, 0.4) is 0 Å². The second kappa shape index (κ2) is 10.3. The number of carbonyl (C=O) groups excluding carboxylic acids is 4. The first-order chi connectivity index (χ1) is 18.0. The number of carbonyl (C=O) groups is 4. The summed E-state index contributed by atoms with van der Waals surface area (Å²) in [5.41, 5.74) is 4.69. The zero-order chi connectivity index (χ0) is 25.9. The summed E-state index contributed by atoms with van der Waals surface area (Å²) in [6.45, 7) is 2.04. The van der Waals surface area contributed by atoms with Crippen LogP contribution in [-0.2, 0) is 14.4 Å². The summed E-state index contributed by atoms with van der Waals surface area (Å²) in [5, 5.41) is 3.01. The third-order valence-corrected chi connectivity index (χ3v) is 6.70. The fraction of sp³-hybridized carbons (Fsp3) is 0.241. The highest BCUT2D eigenvalue weighted by Crippen LogP contribution is 2.44. The fourth-order valence-electron chi connectivity index (χ4n) is 4.84. The molecule has 37 heavy (non-hydrogen) atoms. The summed E-state index contributed by atoms with van der Waals surface area (Å²) in [5.74, 6) is -2.47. The molecule has 1 aliphatic heterocycles. The minimum atomic E-state index is -1.08. The molecule has 0 unspecified atom stereocenters. The van der Waals surface area contributed by atoms with Crippen LogP contribution in [0.1, 0.15) is 63.9 Å². The van der Waals surface area contributed by atoms with E-state index in [0.29, 0.717) is 11.5 Å². The van der Waals surface area contributed by atoms with Crippen molar-refractivity contribution in [3.8, 4) is 11.1 Å². The second-order valence-corrected chi connectivity index (χ2v) is 9.03. The molecule has 0 fully saturated rings. The number of imide groups is 1. The van der Waals surface area contributed by atoms with Gasteiger partial charge in [-0.15, -0.1) is 0 Å². The van der Waals surface area contributed by atoms with Gasteiger partial charge in [0.15, 0.2) is 0 Å². The van der Waals surface area contributed by atoms with Crippen LogP contribution in [-0.4, -0.2) is 41.6 Å². The Labute approximate surface area is 214 Å². The summed E-state index contributed by atoms with van der Waals surface area (Å²) < 4.78 is 5.56. The van der Waals surface area contributed by atoms with E-state index < -0.39 is 29.9 Å². The van der Waals surface area contributed by atoms with Gasteiger partial charge in [0.1, 0.15) is 12.6 Å². The SMILES string of the molecule is CCCC[C@@H](NC(=O)OCC1c2ccccc2-c2ccccc21)C(=O)ON1C(=O)c2ccccc2C1=O. The number of ether oxygens (including phenoxy) is 1. The lowest BCUT2D eigenvalue weighted by Crippen LogP contribution is -2.45. The number of amides is 3. The first kappa shape index (κ1) is 24.2. The first-order valence-electron chi connectivity index (χ1n) is 12.3. The highest BCUT2D eigenvalue weighted by atomic mass is 16.7. The maximum absolute atomic E-state index is 12.9. The largest absolute Gasteiger partial charge is 0.449 e. The molecule has 3 aromatic carbocycles. The standard InChI is InChI=1S/C29H26N2O6/c1-2-3-16-25(28(34)37-31-26(32)22-14-8-9-15-23(22)27(31)33)30-29(35)36-17-24-20-12-6-4-10-18(20)19-11-5-7-13-21(19)24/h4-15,24-25H,2-3,16-17H2,1H3,(H,30,35)/t25-/m1/s1. The van der Waals surface area contributed by atoms with Crippen molar-refractivity contribution in [1.29, 1.82) is 0 Å². The maximum Gasteiger partial charge on any atom is 0.407 e. The zero-order valence-corrected chi connectivity index (χ0v) is 20.3. The van der Waals surface area contributed by atoms with E-state index in [2.05, 4.69) is 5.32 Å². The Hall–Kier alpha value is -4.46. The van der Waals surface area contributed by atoms with Gasteiger partial charge >= 0.3 is 12.1 Å². The normalized spacial score (nSPS) is 14.6. The van der Waals surface area contributed by atoms with Crippen LogP contribution in [0.5, 0.6) is 0 Å². The van der Waals surface area contributed by atoms with Crippen molar-refractivity contribution in [3.05, 3.63) is 95.1 Å². The van der Waals surface area contributed by atoms with Crippen LogP contribution >= 0.6 is 0 Å². The van der Waals surface area contributed by atoms with E-state index >= 15 is 0 Å². The van der Waals surface area contributed by atoms with E-state index in [1.807, 2.05) is 55.5 Å². The third-order valence-electron chi connectivity index (χ3n) is 6.70. The molecular formula is C29H26N2O6. The van der Waals surface area contributed by atoms with Gasteiger partial charge in [-0.1, -0.05) is 85.5 Å². The number of fused-ring (bicyclic) bond motifs is 4. The van der Waals surface area contributed by atoms with Gasteiger partial charge in [0, 0.05) is 5.92 Å². The van der Waals surface area contributed by atoms with Crippen LogP contribution in [0.2, 0.25) is 0 Å². The van der Waals surface area contributed by atoms with Gasteiger partial charge in [-0.05, 0) is 40.8 Å². The molecule has 1 N–H and O–H groups in total. The number of benzene rings is 3. The van der Waals surface area contributed by atoms with Gasteiger partial charge in [-0.3, -0.25) is 9.59 Å². The molecule has 0 radical (unpaired) electrons. The van der Waals surface area contributed by atoms with Crippen molar-refractivity contribution >= 4 is 23.9 Å². The maximum atomic E-state index is 12.9. The second-order valence-electron chi connectivity index (χ2n) is 9.03. The molecular weight excluding hydrogens is 472 g/mol. The molecule has 0 saturated carbocycles. The van der Waals surface area contributed by atoms with Gasteiger partial charge in [0.05, 0.1) is 11.1 Å². The number of nitrogens with zero attached hydrogens (tertiary/aromatic N) is 1. The predicted molar refractivity (Wildman–Crippen MR) is 135 cm³/mol. The van der Waals surface area contributed by atoms with E-state index in [0.717, 1.165) is 28.7 Å². The van der Waals surface area contributed by atoms with E-state index in [-0.39, 0.29) is 30.1 Å². The number of hydrogen-bond acceptors (Lipinski definition) is 6. The minimum absolute atomic E-state index is 0.0911. The smallest absolute Gasteiger partial charge is 0.407 e. The molecule has 0 bridgehead atoms. The van der Waals surface area contributed by atoms with Crippen molar-refractivity contribution in [2.75, 3.05) is 6.61 Å². The Morgan fingerprint density at radius 2 is 1.35 bits per heavy atom. The Kier molecular flexibility index (Phi) is 6.72. The van der Waals surface area contributed by atoms with Crippen molar-refractivity contribution in [1.82, 2.24) is 10.4 Å². The average Bonchev–Trinajstić information content (AvgIpc) is 3.37. The van der Waals surface area contributed by atoms with Gasteiger partial charge in [-0.2, -0.15) is 0 Å². The van der Waals surface area contributed by atoms with Crippen LogP contribution in [0, 0.1) is 0 Å². The summed E-state index contributed by atoms with van der Waals surface area (Å²) in [4.78, 5) is 56.0. The average molecular weight is 499 g/mol. The molecule has 1 atom stereocenters. The summed E-state index contributed by atoms with van der Waals surface area (Å²) in [6.07, 6.45) is 0.875. The van der Waals surface area contributed by atoms with E-state index in [1.165, 1.54) is 12.1 Å². The first-order valence-corrected chi connectivity index (χ1v) is 12.3. The zero-order valence-electron chi connectivity index (χ0n) is 20.3. The molecule has 0 saturated heterocycles. The van der Waals surface area contributed by atoms with E-state index in [9.17, 15) is 19.2 Å². The number of rotatable bonds is 8. The molecule has 5 rings (SSSR count). The van der Waals surface area contributed by atoms with Gasteiger partial charge in [0.25, 0.3) is 11.8 Å². The summed E-state index contributed by atoms with van der Waals surface area (Å²) >= 11 is 0. The highest BCUT2D eigenvalue weighted by molar-refractivity contribution is 6.20. The van der Waals surface area contributed by atoms with Crippen LogP contribution < -0.4 is 5.32 Å². The number of nitrogens with one attached hydrogen (secondary N) is 1. The lowest BCUT2D eigenvalue weighted by Gasteiger charge is -2.20. The quantitative estimate of drug-likeness (QED) is 0.446. The van der Waals surface area contributed by atoms with Crippen LogP contribution in [0.15, 0.2) is 72.8 Å². The molecule has 1 heterocycles. The minimum Gasteiger partial charge on any atom is -0.449 e. The lowest BCUT2D eigenvalue weighted by molar-refractivity contribution is -0.171. The molecule has 1 aliphatic carbocycles. The van der Waals surface area contributed by atoms with Crippen molar-refractivity contribution in [2.24, 2.45) is 0 Å². The number of hydrogen-bond donors (Lipinski definition) is 1. The topological polar surface area (TPSA) is 102 Å². The molecule has 0 spiro atoms. The van der Waals surface area contributed by atoms with Crippen LogP contribution in [0.4, 0.5) is 4.79 Å². The van der Waals surface area contributed by atoms with E-state index in [4.69, 9.17) is 9.57 Å². The monoisotopic (exact) mass is 498 g/mol. The molecule has 0 aromatic heterocycles. The fourth-order valence-corrected chi connectivity index (χ4v) is 4.84. The summed E-state index contributed by atoms with van der Waals surface area (Å²) in [6, 6.07) is 21.1. The number of alkyl carbamates (subject to hydrolysis) is 1. The Balaban J connectivity index is 1.25. The van der Waals surface area contributed by atoms with Crippen molar-refractivity contribution < 1.29 is 28.8 Å². The Morgan fingerprint density at radius 3 is 1.89 bits per heavy atom. The van der Waals surface area contributed by atoms with Crippen LogP contribution in [0.25, 0.3) is 11.1 Å². The third kappa shape index (κ3) is 4.58. The molecule has 8 nitrogen and oxygen atoms in total. The van der Waals surface area contributed by atoms with Crippen molar-refractivity contribution in [2.45, 2.75) is 38.1 Å². The highest BCUT2D eigenvalue weighted by Gasteiger charge is 2.40. The Morgan fingerprint density at radius 1 is 0.838 bits per heavy atom. The molecule has 2 aliphatic rings. The molecule has 3 amide bonds. The Bertz CT molecular complexity index is 1300.